The van der Waals surface area contributed by atoms with E-state index in [0.717, 1.165) is 6.54 Å². The molecule has 0 radical (unpaired) electrons. The van der Waals surface area contributed by atoms with Crippen LogP contribution < -0.4 is 10.6 Å². The zero-order chi connectivity index (χ0) is 10.9. The standard InChI is InChI=1S/C10H18N4O/c1-10(2)5-3-7-14(10)9-13-12-8(15-9)4-6-11/h3-7,11H2,1-2H3. The molecule has 1 aromatic heterocycles. The van der Waals surface area contributed by atoms with Crippen LogP contribution in [-0.4, -0.2) is 28.8 Å². The van der Waals surface area contributed by atoms with Gasteiger partial charge in [0, 0.05) is 25.0 Å². The van der Waals surface area contributed by atoms with E-state index in [1.807, 2.05) is 0 Å². The van der Waals surface area contributed by atoms with Crippen LogP contribution in [0.1, 0.15) is 32.6 Å². The van der Waals surface area contributed by atoms with Crippen LogP contribution in [0.4, 0.5) is 6.01 Å². The quantitative estimate of drug-likeness (QED) is 0.804. The largest absolute Gasteiger partial charge is 0.408 e. The minimum Gasteiger partial charge on any atom is -0.408 e. The van der Waals surface area contributed by atoms with Crippen molar-refractivity contribution in [2.75, 3.05) is 18.0 Å². The van der Waals surface area contributed by atoms with Gasteiger partial charge in [0.2, 0.25) is 5.89 Å². The molecule has 1 fully saturated rings. The maximum Gasteiger partial charge on any atom is 0.318 e. The van der Waals surface area contributed by atoms with E-state index in [-0.39, 0.29) is 5.54 Å². The van der Waals surface area contributed by atoms with Crippen molar-refractivity contribution in [3.8, 4) is 0 Å². The van der Waals surface area contributed by atoms with Crippen LogP contribution in [0.5, 0.6) is 0 Å². The van der Waals surface area contributed by atoms with Crippen LogP contribution in [0.25, 0.3) is 0 Å². The minimum absolute atomic E-state index is 0.131. The number of hydrogen-bond acceptors (Lipinski definition) is 5. The Morgan fingerprint density at radius 3 is 2.87 bits per heavy atom. The van der Waals surface area contributed by atoms with Crippen LogP contribution in [0, 0.1) is 0 Å². The maximum atomic E-state index is 5.57. The van der Waals surface area contributed by atoms with Crippen molar-refractivity contribution in [2.45, 2.75) is 38.6 Å². The summed E-state index contributed by atoms with van der Waals surface area (Å²) in [6, 6.07) is 0.640. The number of anilines is 1. The van der Waals surface area contributed by atoms with Crippen molar-refractivity contribution in [1.29, 1.82) is 0 Å². The Balaban J connectivity index is 2.15. The Labute approximate surface area is 89.6 Å². The lowest BCUT2D eigenvalue weighted by atomic mass is 10.0. The summed E-state index contributed by atoms with van der Waals surface area (Å²) in [4.78, 5) is 2.18. The van der Waals surface area contributed by atoms with Gasteiger partial charge in [-0.15, -0.1) is 5.10 Å². The lowest BCUT2D eigenvalue weighted by molar-refractivity contribution is 0.439. The molecule has 1 aliphatic heterocycles. The monoisotopic (exact) mass is 210 g/mol. The van der Waals surface area contributed by atoms with Crippen molar-refractivity contribution in [3.05, 3.63) is 5.89 Å². The Kier molecular flexibility index (Phi) is 2.65. The molecule has 0 amide bonds. The third-order valence-corrected chi connectivity index (χ3v) is 2.95. The fraction of sp³-hybridized carbons (Fsp3) is 0.800. The molecule has 0 unspecified atom stereocenters. The average molecular weight is 210 g/mol. The number of aromatic nitrogens is 2. The van der Waals surface area contributed by atoms with Gasteiger partial charge in [-0.3, -0.25) is 0 Å². The van der Waals surface area contributed by atoms with Crippen LogP contribution >= 0.6 is 0 Å². The lowest BCUT2D eigenvalue weighted by Crippen LogP contribution is -2.38. The van der Waals surface area contributed by atoms with E-state index in [2.05, 4.69) is 28.9 Å². The molecule has 0 atom stereocenters. The average Bonchev–Trinajstić information content (AvgIpc) is 2.72. The molecular weight excluding hydrogens is 192 g/mol. The molecule has 1 aromatic rings. The highest BCUT2D eigenvalue weighted by Crippen LogP contribution is 2.32. The fourth-order valence-electron chi connectivity index (χ4n) is 2.04. The highest BCUT2D eigenvalue weighted by Gasteiger charge is 2.35. The summed E-state index contributed by atoms with van der Waals surface area (Å²) in [6.07, 6.45) is 3.00. The van der Waals surface area contributed by atoms with Crippen molar-refractivity contribution in [2.24, 2.45) is 5.73 Å². The normalized spacial score (nSPS) is 19.8. The molecule has 5 nitrogen and oxygen atoms in total. The van der Waals surface area contributed by atoms with Crippen LogP contribution in [-0.2, 0) is 6.42 Å². The van der Waals surface area contributed by atoms with Gasteiger partial charge in [-0.25, -0.2) is 0 Å². The first-order valence-electron chi connectivity index (χ1n) is 5.43. The summed E-state index contributed by atoms with van der Waals surface area (Å²) >= 11 is 0. The van der Waals surface area contributed by atoms with E-state index in [1.54, 1.807) is 0 Å². The predicted molar refractivity (Wildman–Crippen MR) is 57.7 cm³/mol. The molecule has 1 saturated heterocycles. The second-order valence-corrected chi connectivity index (χ2v) is 4.58. The number of rotatable bonds is 3. The minimum atomic E-state index is 0.131. The van der Waals surface area contributed by atoms with Gasteiger partial charge in [-0.05, 0) is 26.7 Å². The Morgan fingerprint density at radius 1 is 1.47 bits per heavy atom. The second-order valence-electron chi connectivity index (χ2n) is 4.58. The van der Waals surface area contributed by atoms with E-state index < -0.39 is 0 Å². The molecular formula is C10H18N4O. The number of hydrogen-bond donors (Lipinski definition) is 1. The summed E-state index contributed by atoms with van der Waals surface area (Å²) in [5.74, 6) is 0.634. The van der Waals surface area contributed by atoms with Crippen molar-refractivity contribution in [1.82, 2.24) is 10.2 Å². The van der Waals surface area contributed by atoms with Crippen molar-refractivity contribution in [3.63, 3.8) is 0 Å². The Bertz CT molecular complexity index is 334. The van der Waals surface area contributed by atoms with Gasteiger partial charge in [0.25, 0.3) is 0 Å². The molecule has 2 rings (SSSR count). The highest BCUT2D eigenvalue weighted by atomic mass is 16.4. The topological polar surface area (TPSA) is 68.2 Å². The molecule has 0 bridgehead atoms. The molecule has 5 heteroatoms. The number of nitrogens with two attached hydrogens (primary N) is 1. The molecule has 84 valence electrons. The van der Waals surface area contributed by atoms with Gasteiger partial charge in [0.1, 0.15) is 0 Å². The van der Waals surface area contributed by atoms with Gasteiger partial charge < -0.3 is 15.1 Å². The maximum absolute atomic E-state index is 5.57. The first kappa shape index (κ1) is 10.4. The summed E-state index contributed by atoms with van der Waals surface area (Å²) in [7, 11) is 0. The Morgan fingerprint density at radius 2 is 2.27 bits per heavy atom. The van der Waals surface area contributed by atoms with E-state index in [1.165, 1.54) is 12.8 Å². The van der Waals surface area contributed by atoms with Crippen molar-refractivity contribution >= 4 is 6.01 Å². The van der Waals surface area contributed by atoms with Gasteiger partial charge in [0.05, 0.1) is 0 Å². The number of nitrogens with zero attached hydrogens (tertiary/aromatic N) is 3. The first-order chi connectivity index (χ1) is 7.13. The summed E-state index contributed by atoms with van der Waals surface area (Å²) in [5.41, 5.74) is 5.57. The molecule has 0 spiro atoms. The first-order valence-corrected chi connectivity index (χ1v) is 5.43. The van der Waals surface area contributed by atoms with Crippen molar-refractivity contribution < 1.29 is 4.42 Å². The zero-order valence-electron chi connectivity index (χ0n) is 9.36. The molecule has 15 heavy (non-hydrogen) atoms. The molecule has 0 aliphatic carbocycles. The van der Waals surface area contributed by atoms with E-state index in [0.29, 0.717) is 24.9 Å². The zero-order valence-corrected chi connectivity index (χ0v) is 9.36. The Hall–Kier alpha value is -1.10. The van der Waals surface area contributed by atoms with Crippen LogP contribution in [0.2, 0.25) is 0 Å². The van der Waals surface area contributed by atoms with Crippen LogP contribution in [0.3, 0.4) is 0 Å². The molecule has 1 aliphatic rings. The summed E-state index contributed by atoms with van der Waals surface area (Å²) in [6.45, 7) is 5.95. The van der Waals surface area contributed by atoms with Gasteiger partial charge >= 0.3 is 6.01 Å². The van der Waals surface area contributed by atoms with Gasteiger partial charge in [-0.1, -0.05) is 5.10 Å². The van der Waals surface area contributed by atoms with E-state index >= 15 is 0 Å². The van der Waals surface area contributed by atoms with Gasteiger partial charge in [0.15, 0.2) is 0 Å². The fourth-order valence-corrected chi connectivity index (χ4v) is 2.04. The lowest BCUT2D eigenvalue weighted by Gasteiger charge is -2.29. The molecule has 2 N–H and O–H groups in total. The second kappa shape index (κ2) is 3.81. The van der Waals surface area contributed by atoms with E-state index in [9.17, 15) is 0 Å². The molecule has 0 aromatic carbocycles. The molecule has 2 heterocycles. The third kappa shape index (κ3) is 1.97. The van der Waals surface area contributed by atoms with Crippen LogP contribution in [0.15, 0.2) is 4.42 Å². The molecule has 0 saturated carbocycles. The smallest absolute Gasteiger partial charge is 0.318 e. The predicted octanol–water partition coefficient (Wildman–Crippen LogP) is 0.950. The SMILES string of the molecule is CC1(C)CCCN1c1nnc(CCN)o1. The highest BCUT2D eigenvalue weighted by molar-refractivity contribution is 5.32. The van der Waals surface area contributed by atoms with E-state index in [4.69, 9.17) is 10.2 Å². The summed E-state index contributed by atoms with van der Waals surface area (Å²) in [5, 5.41) is 8.04. The third-order valence-electron chi connectivity index (χ3n) is 2.95. The van der Waals surface area contributed by atoms with Gasteiger partial charge in [-0.2, -0.15) is 0 Å². The summed E-state index contributed by atoms with van der Waals surface area (Å²) < 4.78 is 5.57.